The average molecular weight is 149 g/mol. The highest BCUT2D eigenvalue weighted by atomic mass is 19.3. The maximum absolute atomic E-state index is 11.5. The number of ether oxygens (including phenoxy) is 1. The third-order valence-corrected chi connectivity index (χ3v) is 0.786. The van der Waals surface area contributed by atoms with Crippen LogP contribution in [0.2, 0.25) is 0 Å². The molecule has 0 aliphatic carbocycles. The molecule has 0 saturated carbocycles. The van der Waals surface area contributed by atoms with E-state index in [-0.39, 0.29) is 5.75 Å². The molecule has 0 fully saturated rings. The summed E-state index contributed by atoms with van der Waals surface area (Å²) in [6, 6.07) is 0. The molecule has 0 saturated heterocycles. The fourth-order valence-corrected chi connectivity index (χ4v) is 0.426. The maximum Gasteiger partial charge on any atom is 0.272 e. The Labute approximate surface area is 55.6 Å². The van der Waals surface area contributed by atoms with E-state index in [9.17, 15) is 8.78 Å². The van der Waals surface area contributed by atoms with E-state index in [1.54, 1.807) is 0 Å². The summed E-state index contributed by atoms with van der Waals surface area (Å²) in [4.78, 5) is 0. The minimum atomic E-state index is -2.46. The lowest BCUT2D eigenvalue weighted by atomic mass is 10.6. The number of aromatic nitrogens is 1. The Morgan fingerprint density at radius 1 is 1.70 bits per heavy atom. The van der Waals surface area contributed by atoms with Gasteiger partial charge in [-0.25, -0.2) is 8.78 Å². The summed E-state index contributed by atoms with van der Waals surface area (Å²) in [6.07, 6.45) is -0.0833. The lowest BCUT2D eigenvalue weighted by molar-refractivity contribution is 0.0816. The Balaban J connectivity index is 2.28. The van der Waals surface area contributed by atoms with E-state index in [2.05, 4.69) is 14.4 Å². The van der Waals surface area contributed by atoms with Crippen LogP contribution in [-0.2, 0) is 0 Å². The van der Waals surface area contributed by atoms with Gasteiger partial charge < -0.3 is 9.26 Å². The molecule has 1 aromatic heterocycles. The van der Waals surface area contributed by atoms with Gasteiger partial charge in [0.1, 0.15) is 12.8 Å². The number of halogens is 2. The summed E-state index contributed by atoms with van der Waals surface area (Å²) in [5.74, 6) is 0.223. The number of rotatable bonds is 3. The van der Waals surface area contributed by atoms with E-state index >= 15 is 0 Å². The first-order valence-electron chi connectivity index (χ1n) is 2.59. The van der Waals surface area contributed by atoms with Crippen LogP contribution in [0.5, 0.6) is 5.75 Å². The van der Waals surface area contributed by atoms with Crippen LogP contribution in [0.1, 0.15) is 0 Å². The molecule has 0 unspecified atom stereocenters. The topological polar surface area (TPSA) is 35.3 Å². The van der Waals surface area contributed by atoms with Crippen molar-refractivity contribution in [1.29, 1.82) is 0 Å². The Bertz CT molecular complexity index is 176. The second-order valence-corrected chi connectivity index (χ2v) is 1.56. The van der Waals surface area contributed by atoms with Crippen molar-refractivity contribution in [2.24, 2.45) is 0 Å². The third-order valence-electron chi connectivity index (χ3n) is 0.786. The van der Waals surface area contributed by atoms with Crippen LogP contribution >= 0.6 is 0 Å². The van der Waals surface area contributed by atoms with Gasteiger partial charge in [0.2, 0.25) is 0 Å². The molecule has 1 aromatic rings. The fraction of sp³-hybridized carbons (Fsp3) is 0.400. The first-order chi connectivity index (χ1) is 4.79. The van der Waals surface area contributed by atoms with Gasteiger partial charge >= 0.3 is 0 Å². The first-order valence-corrected chi connectivity index (χ1v) is 2.59. The van der Waals surface area contributed by atoms with Crippen LogP contribution in [0.25, 0.3) is 0 Å². The van der Waals surface area contributed by atoms with Crippen molar-refractivity contribution in [3.8, 4) is 5.75 Å². The average Bonchev–Trinajstić information content (AvgIpc) is 2.34. The van der Waals surface area contributed by atoms with Crippen LogP contribution in [0.3, 0.4) is 0 Å². The number of hydrogen-bond donors (Lipinski definition) is 0. The zero-order chi connectivity index (χ0) is 7.40. The molecule has 10 heavy (non-hydrogen) atoms. The van der Waals surface area contributed by atoms with Crippen LogP contribution in [0.4, 0.5) is 8.78 Å². The molecule has 3 nitrogen and oxygen atoms in total. The van der Waals surface area contributed by atoms with E-state index in [0.29, 0.717) is 0 Å². The molecule has 0 aliphatic rings. The highest BCUT2D eigenvalue weighted by Crippen LogP contribution is 2.07. The van der Waals surface area contributed by atoms with Crippen LogP contribution in [0, 0.1) is 0 Å². The van der Waals surface area contributed by atoms with Crippen molar-refractivity contribution in [2.45, 2.75) is 6.43 Å². The first kappa shape index (κ1) is 6.98. The van der Waals surface area contributed by atoms with E-state index in [1.165, 1.54) is 6.20 Å². The van der Waals surface area contributed by atoms with Crippen LogP contribution in [-0.4, -0.2) is 18.2 Å². The Kier molecular flexibility index (Phi) is 2.20. The summed E-state index contributed by atoms with van der Waals surface area (Å²) in [5.41, 5.74) is 0. The van der Waals surface area contributed by atoms with Gasteiger partial charge in [0.05, 0.1) is 0 Å². The van der Waals surface area contributed by atoms with Gasteiger partial charge in [-0.3, -0.25) is 0 Å². The molecule has 0 aromatic carbocycles. The number of alkyl halides is 2. The van der Waals surface area contributed by atoms with Crippen molar-refractivity contribution in [1.82, 2.24) is 5.16 Å². The molecular formula is C5H5F2NO2. The summed E-state index contributed by atoms with van der Waals surface area (Å²) < 4.78 is 31.7. The maximum atomic E-state index is 11.5. The zero-order valence-corrected chi connectivity index (χ0v) is 4.96. The van der Waals surface area contributed by atoms with Crippen LogP contribution < -0.4 is 4.74 Å². The lowest BCUT2D eigenvalue weighted by Gasteiger charge is -1.98. The second kappa shape index (κ2) is 3.14. The molecular weight excluding hydrogens is 144 g/mol. The SMILES string of the molecule is FC(F)COc1cnoc1. The van der Waals surface area contributed by atoms with Gasteiger partial charge in [-0.1, -0.05) is 5.16 Å². The van der Waals surface area contributed by atoms with Crippen molar-refractivity contribution in [3.05, 3.63) is 12.5 Å². The third kappa shape index (κ3) is 2.00. The second-order valence-electron chi connectivity index (χ2n) is 1.56. The molecule has 56 valence electrons. The van der Waals surface area contributed by atoms with E-state index < -0.39 is 13.0 Å². The molecule has 0 spiro atoms. The van der Waals surface area contributed by atoms with Gasteiger partial charge in [-0.05, 0) is 0 Å². The van der Waals surface area contributed by atoms with Gasteiger partial charge in [0, 0.05) is 0 Å². The predicted molar refractivity (Wildman–Crippen MR) is 28.0 cm³/mol. The molecule has 0 atom stereocenters. The van der Waals surface area contributed by atoms with Crippen molar-refractivity contribution < 1.29 is 18.0 Å². The summed E-state index contributed by atoms with van der Waals surface area (Å²) in [5, 5.41) is 3.26. The molecule has 1 rings (SSSR count). The van der Waals surface area contributed by atoms with Gasteiger partial charge in [-0.15, -0.1) is 0 Å². The smallest absolute Gasteiger partial charge is 0.272 e. The van der Waals surface area contributed by atoms with Crippen LogP contribution in [0.15, 0.2) is 17.0 Å². The Morgan fingerprint density at radius 3 is 3.00 bits per heavy atom. The molecule has 0 bridgehead atoms. The number of hydrogen-bond acceptors (Lipinski definition) is 3. The summed E-state index contributed by atoms with van der Waals surface area (Å²) >= 11 is 0. The molecule has 0 radical (unpaired) electrons. The highest BCUT2D eigenvalue weighted by Gasteiger charge is 2.03. The Hall–Kier alpha value is -1.13. The molecule has 0 amide bonds. The molecule has 5 heteroatoms. The van der Waals surface area contributed by atoms with Crippen molar-refractivity contribution in [3.63, 3.8) is 0 Å². The van der Waals surface area contributed by atoms with E-state index in [4.69, 9.17) is 0 Å². The zero-order valence-electron chi connectivity index (χ0n) is 4.96. The fourth-order valence-electron chi connectivity index (χ4n) is 0.426. The molecule has 1 heterocycles. The minimum Gasteiger partial charge on any atom is -0.483 e. The Morgan fingerprint density at radius 2 is 2.50 bits per heavy atom. The van der Waals surface area contributed by atoms with Gasteiger partial charge in [0.25, 0.3) is 6.43 Å². The van der Waals surface area contributed by atoms with Gasteiger partial charge in [-0.2, -0.15) is 0 Å². The monoisotopic (exact) mass is 149 g/mol. The standard InChI is InChI=1S/C5H5F2NO2/c6-5(7)3-9-4-1-8-10-2-4/h1-2,5H,3H2. The lowest BCUT2D eigenvalue weighted by Crippen LogP contribution is -2.06. The molecule has 0 N–H and O–H groups in total. The van der Waals surface area contributed by atoms with Crippen molar-refractivity contribution >= 4 is 0 Å². The minimum absolute atomic E-state index is 0.223. The van der Waals surface area contributed by atoms with Gasteiger partial charge in [0.15, 0.2) is 12.0 Å². The molecule has 0 aliphatic heterocycles. The largest absolute Gasteiger partial charge is 0.483 e. The quantitative estimate of drug-likeness (QED) is 0.650. The number of nitrogens with zero attached hydrogens (tertiary/aromatic N) is 1. The normalized spacial score (nSPS) is 10.3. The highest BCUT2D eigenvalue weighted by molar-refractivity contribution is 5.07. The van der Waals surface area contributed by atoms with E-state index in [1.807, 2.05) is 0 Å². The summed E-state index contributed by atoms with van der Waals surface area (Å²) in [6.45, 7) is -0.624. The van der Waals surface area contributed by atoms with Crippen molar-refractivity contribution in [2.75, 3.05) is 6.61 Å². The predicted octanol–water partition coefficient (Wildman–Crippen LogP) is 1.32. The van der Waals surface area contributed by atoms with E-state index in [0.717, 1.165) is 6.26 Å². The summed E-state index contributed by atoms with van der Waals surface area (Å²) in [7, 11) is 0.